The second-order valence-corrected chi connectivity index (χ2v) is 8.32. The van der Waals surface area contributed by atoms with Crippen molar-refractivity contribution in [2.45, 2.75) is 26.1 Å². The van der Waals surface area contributed by atoms with Crippen molar-refractivity contribution in [3.05, 3.63) is 59.7 Å². The van der Waals surface area contributed by atoms with Gasteiger partial charge in [0.1, 0.15) is 0 Å². The fourth-order valence-corrected chi connectivity index (χ4v) is 3.99. The summed E-state index contributed by atoms with van der Waals surface area (Å²) in [5.74, 6) is -0.933. The van der Waals surface area contributed by atoms with E-state index < -0.39 is 23.7 Å². The number of benzene rings is 2. The number of halogens is 3. The van der Waals surface area contributed by atoms with Crippen molar-refractivity contribution in [1.29, 1.82) is 0 Å². The first kappa shape index (κ1) is 24.6. The normalized spacial score (nSPS) is 15.8. The lowest BCUT2D eigenvalue weighted by molar-refractivity contribution is -0.138. The molecule has 9 heteroatoms. The highest BCUT2D eigenvalue weighted by Gasteiger charge is 2.34. The number of para-hydroxylation sites is 1. The Kier molecular flexibility index (Phi) is 7.63. The van der Waals surface area contributed by atoms with Gasteiger partial charge in [-0.1, -0.05) is 24.3 Å². The summed E-state index contributed by atoms with van der Waals surface area (Å²) in [6.07, 6.45) is -4.58. The van der Waals surface area contributed by atoms with Crippen LogP contribution in [0.25, 0.3) is 0 Å². The van der Waals surface area contributed by atoms with Gasteiger partial charge in [-0.3, -0.25) is 14.5 Å². The quantitative estimate of drug-likeness (QED) is 0.713. The number of piperazine rings is 1. The van der Waals surface area contributed by atoms with Crippen LogP contribution in [0.1, 0.15) is 18.1 Å². The van der Waals surface area contributed by atoms with Crippen molar-refractivity contribution >= 4 is 23.2 Å². The fraction of sp³-hybridized carbons (Fsp3) is 0.417. The molecule has 0 aromatic heterocycles. The van der Waals surface area contributed by atoms with Crippen molar-refractivity contribution in [2.75, 3.05) is 50.0 Å². The van der Waals surface area contributed by atoms with Gasteiger partial charge in [0, 0.05) is 38.9 Å². The van der Waals surface area contributed by atoms with E-state index in [9.17, 15) is 22.8 Å². The Morgan fingerprint density at radius 3 is 2.36 bits per heavy atom. The largest absolute Gasteiger partial charge is 0.418 e. The van der Waals surface area contributed by atoms with Crippen LogP contribution in [0.15, 0.2) is 48.5 Å². The Hall–Kier alpha value is -3.07. The standard InChI is InChI=1S/C24H29F3N4O2/c1-17-7-6-8-19(15-17)31-13-11-30(12-14-31)18(2)23(33)29(3)16-22(32)28-21-10-5-4-9-20(21)24(25,26)27/h4-10,15,18H,11-14,16H2,1-3H3,(H,28,32)/t18-/m1/s1. The van der Waals surface area contributed by atoms with Crippen LogP contribution in [0.3, 0.4) is 0 Å². The van der Waals surface area contributed by atoms with Gasteiger partial charge in [0.05, 0.1) is 23.8 Å². The highest BCUT2D eigenvalue weighted by molar-refractivity contribution is 5.95. The third kappa shape index (κ3) is 6.25. The smallest absolute Gasteiger partial charge is 0.369 e. The molecule has 1 fully saturated rings. The van der Waals surface area contributed by atoms with Crippen LogP contribution in [0.5, 0.6) is 0 Å². The van der Waals surface area contributed by atoms with Gasteiger partial charge in [0.25, 0.3) is 0 Å². The maximum absolute atomic E-state index is 13.1. The summed E-state index contributed by atoms with van der Waals surface area (Å²) < 4.78 is 39.4. The van der Waals surface area contributed by atoms with E-state index in [0.717, 1.165) is 24.8 Å². The Bertz CT molecular complexity index is 988. The van der Waals surface area contributed by atoms with Crippen LogP contribution in [-0.4, -0.2) is 67.4 Å². The monoisotopic (exact) mass is 462 g/mol. The predicted octanol–water partition coefficient (Wildman–Crippen LogP) is 3.62. The van der Waals surface area contributed by atoms with E-state index in [-0.39, 0.29) is 18.1 Å². The summed E-state index contributed by atoms with van der Waals surface area (Å²) in [6, 6.07) is 12.6. The Morgan fingerprint density at radius 2 is 1.73 bits per heavy atom. The molecule has 0 aliphatic carbocycles. The van der Waals surface area contributed by atoms with Gasteiger partial charge >= 0.3 is 6.18 Å². The predicted molar refractivity (Wildman–Crippen MR) is 122 cm³/mol. The first-order valence-electron chi connectivity index (χ1n) is 10.8. The number of amides is 2. The van der Waals surface area contributed by atoms with Crippen LogP contribution in [0, 0.1) is 6.92 Å². The molecule has 0 unspecified atom stereocenters. The van der Waals surface area contributed by atoms with Crippen LogP contribution < -0.4 is 10.2 Å². The number of hydrogen-bond donors (Lipinski definition) is 1. The highest BCUT2D eigenvalue weighted by atomic mass is 19.4. The number of likely N-dealkylation sites (N-methyl/N-ethyl adjacent to an activating group) is 1. The zero-order chi connectivity index (χ0) is 24.2. The van der Waals surface area contributed by atoms with E-state index in [1.807, 2.05) is 19.1 Å². The molecular weight excluding hydrogens is 433 g/mol. The minimum atomic E-state index is -4.58. The summed E-state index contributed by atoms with van der Waals surface area (Å²) in [4.78, 5) is 30.8. The molecule has 178 valence electrons. The summed E-state index contributed by atoms with van der Waals surface area (Å²) in [7, 11) is 1.48. The van der Waals surface area contributed by atoms with Gasteiger partial charge in [-0.25, -0.2) is 0 Å². The Labute approximate surface area is 192 Å². The Morgan fingerprint density at radius 1 is 1.06 bits per heavy atom. The van der Waals surface area contributed by atoms with Gasteiger partial charge in [-0.15, -0.1) is 0 Å². The SMILES string of the molecule is Cc1cccc(N2CCN([C@H](C)C(=O)N(C)CC(=O)Nc3ccccc3C(F)(F)F)CC2)c1. The summed E-state index contributed by atoms with van der Waals surface area (Å²) in [5.41, 5.74) is 1.10. The molecule has 2 aromatic rings. The number of carbonyl (C=O) groups excluding carboxylic acids is 2. The van der Waals surface area contributed by atoms with Crippen molar-refractivity contribution in [1.82, 2.24) is 9.80 Å². The molecule has 1 N–H and O–H groups in total. The number of nitrogens with zero attached hydrogens (tertiary/aromatic N) is 3. The lowest BCUT2D eigenvalue weighted by Gasteiger charge is -2.39. The van der Waals surface area contributed by atoms with E-state index in [2.05, 4.69) is 27.2 Å². The molecule has 3 rings (SSSR count). The minimum Gasteiger partial charge on any atom is -0.369 e. The van der Waals surface area contributed by atoms with Crippen molar-refractivity contribution in [3.8, 4) is 0 Å². The molecular formula is C24H29F3N4O2. The first-order valence-corrected chi connectivity index (χ1v) is 10.8. The molecule has 2 amide bonds. The van der Waals surface area contributed by atoms with Gasteiger partial charge < -0.3 is 15.1 Å². The average molecular weight is 463 g/mol. The number of alkyl halides is 3. The third-order valence-electron chi connectivity index (χ3n) is 5.85. The molecule has 0 spiro atoms. The summed E-state index contributed by atoms with van der Waals surface area (Å²) >= 11 is 0. The molecule has 1 heterocycles. The summed E-state index contributed by atoms with van der Waals surface area (Å²) in [6.45, 7) is 6.45. The second-order valence-electron chi connectivity index (χ2n) is 8.32. The van der Waals surface area contributed by atoms with Gasteiger partial charge in [-0.2, -0.15) is 13.2 Å². The van der Waals surface area contributed by atoms with Gasteiger partial charge in [-0.05, 0) is 43.7 Å². The molecule has 1 aliphatic heterocycles. The average Bonchev–Trinajstić information content (AvgIpc) is 2.77. The van der Waals surface area contributed by atoms with E-state index >= 15 is 0 Å². The van der Waals surface area contributed by atoms with Crippen LogP contribution in [-0.2, 0) is 15.8 Å². The lowest BCUT2D eigenvalue weighted by Crippen LogP contribution is -2.54. The molecule has 1 aliphatic rings. The highest BCUT2D eigenvalue weighted by Crippen LogP contribution is 2.34. The lowest BCUT2D eigenvalue weighted by atomic mass is 10.1. The Balaban J connectivity index is 1.53. The zero-order valence-electron chi connectivity index (χ0n) is 19.0. The molecule has 0 saturated carbocycles. The molecule has 0 bridgehead atoms. The van der Waals surface area contributed by atoms with E-state index in [1.54, 1.807) is 6.92 Å². The third-order valence-corrected chi connectivity index (χ3v) is 5.85. The topological polar surface area (TPSA) is 55.9 Å². The number of aryl methyl sites for hydroxylation is 1. The number of rotatable bonds is 6. The molecule has 1 atom stereocenters. The molecule has 6 nitrogen and oxygen atoms in total. The number of nitrogens with one attached hydrogen (secondary N) is 1. The molecule has 0 radical (unpaired) electrons. The fourth-order valence-electron chi connectivity index (χ4n) is 3.99. The number of anilines is 2. The maximum Gasteiger partial charge on any atom is 0.418 e. The summed E-state index contributed by atoms with van der Waals surface area (Å²) in [5, 5.41) is 2.28. The molecule has 1 saturated heterocycles. The van der Waals surface area contributed by atoms with E-state index in [4.69, 9.17) is 0 Å². The number of carbonyl (C=O) groups is 2. The second kappa shape index (κ2) is 10.2. The van der Waals surface area contributed by atoms with Crippen LogP contribution >= 0.6 is 0 Å². The molecule has 2 aromatic carbocycles. The molecule has 33 heavy (non-hydrogen) atoms. The van der Waals surface area contributed by atoms with Crippen LogP contribution in [0.4, 0.5) is 24.5 Å². The van der Waals surface area contributed by atoms with E-state index in [0.29, 0.717) is 13.1 Å². The maximum atomic E-state index is 13.1. The number of hydrogen-bond acceptors (Lipinski definition) is 4. The van der Waals surface area contributed by atoms with E-state index in [1.165, 1.54) is 35.7 Å². The van der Waals surface area contributed by atoms with Crippen LogP contribution in [0.2, 0.25) is 0 Å². The van der Waals surface area contributed by atoms with Gasteiger partial charge in [0.2, 0.25) is 11.8 Å². The minimum absolute atomic E-state index is 0.252. The van der Waals surface area contributed by atoms with Crippen molar-refractivity contribution in [2.24, 2.45) is 0 Å². The first-order chi connectivity index (χ1) is 15.6. The zero-order valence-corrected chi connectivity index (χ0v) is 19.0. The van der Waals surface area contributed by atoms with Crippen molar-refractivity contribution in [3.63, 3.8) is 0 Å². The van der Waals surface area contributed by atoms with Gasteiger partial charge in [0.15, 0.2) is 0 Å². The van der Waals surface area contributed by atoms with Crippen molar-refractivity contribution < 1.29 is 22.8 Å².